The van der Waals surface area contributed by atoms with Gasteiger partial charge in [0, 0.05) is 28.5 Å². The Bertz CT molecular complexity index is 1110. The molecule has 1 N–H and O–H groups in total. The Morgan fingerprint density at radius 3 is 2.79 bits per heavy atom. The van der Waals surface area contributed by atoms with Crippen LogP contribution in [-0.4, -0.2) is 34.9 Å². The van der Waals surface area contributed by atoms with Gasteiger partial charge in [0.1, 0.15) is 5.60 Å². The van der Waals surface area contributed by atoms with Gasteiger partial charge in [0.25, 0.3) is 0 Å². The molecule has 2 unspecified atom stereocenters. The number of thiophene rings is 1. The lowest BCUT2D eigenvalue weighted by molar-refractivity contribution is -0.164. The van der Waals surface area contributed by atoms with E-state index in [4.69, 9.17) is 4.74 Å². The summed E-state index contributed by atoms with van der Waals surface area (Å²) in [4.78, 5) is 38.0. The van der Waals surface area contributed by atoms with Crippen LogP contribution in [-0.2, 0) is 19.1 Å². The maximum Gasteiger partial charge on any atom is 0.303 e. The van der Waals surface area contributed by atoms with Crippen molar-refractivity contribution in [1.29, 1.82) is 0 Å². The molecule has 0 amide bonds. The number of Topliss-reactive ketones (excluding diaryl/α,β-unsaturated/α-hetero) is 1. The molecule has 1 aromatic heterocycles. The molecule has 174 valence electrons. The van der Waals surface area contributed by atoms with E-state index < -0.39 is 29.4 Å². The molecule has 1 aromatic rings. The Morgan fingerprint density at radius 1 is 1.30 bits per heavy atom. The van der Waals surface area contributed by atoms with E-state index in [-0.39, 0.29) is 29.0 Å². The fourth-order valence-electron chi connectivity index (χ4n) is 7.18. The van der Waals surface area contributed by atoms with Gasteiger partial charge in [-0.1, -0.05) is 36.3 Å². The van der Waals surface area contributed by atoms with E-state index in [0.29, 0.717) is 12.8 Å². The van der Waals surface area contributed by atoms with Crippen LogP contribution in [0.2, 0.25) is 0 Å². The molecule has 5 nitrogen and oxygen atoms in total. The first kappa shape index (κ1) is 22.5. The molecule has 6 heteroatoms. The molecular formula is C27H30O5S. The minimum atomic E-state index is -1.62. The van der Waals surface area contributed by atoms with Crippen LogP contribution < -0.4 is 0 Å². The topological polar surface area (TPSA) is 80.7 Å². The zero-order valence-corrected chi connectivity index (χ0v) is 20.1. The SMILES string of the molecule is CC(=O)OCC(=O)[C@@]1(O)[C@H](c2cccs2)CC2C3CCC4=CC(=O)C=C[C@]4(C)C3=CC[C@@]21C. The van der Waals surface area contributed by atoms with Gasteiger partial charge in [0.15, 0.2) is 12.4 Å². The van der Waals surface area contributed by atoms with Crippen molar-refractivity contribution in [3.8, 4) is 0 Å². The highest BCUT2D eigenvalue weighted by Crippen LogP contribution is 2.68. The summed E-state index contributed by atoms with van der Waals surface area (Å²) in [5.41, 5.74) is -0.0873. The second kappa shape index (κ2) is 7.60. The number of carbonyl (C=O) groups is 3. The Labute approximate surface area is 198 Å². The largest absolute Gasteiger partial charge is 0.458 e. The molecule has 5 rings (SSSR count). The number of carbonyl (C=O) groups excluding carboxylic acids is 3. The van der Waals surface area contributed by atoms with Crippen LogP contribution in [0.4, 0.5) is 0 Å². The number of esters is 1. The molecule has 0 bridgehead atoms. The van der Waals surface area contributed by atoms with Crippen LogP contribution in [0.15, 0.2) is 53.0 Å². The summed E-state index contributed by atoms with van der Waals surface area (Å²) >= 11 is 1.56. The fourth-order valence-corrected chi connectivity index (χ4v) is 8.08. The van der Waals surface area contributed by atoms with Gasteiger partial charge in [-0.25, -0.2) is 0 Å². The van der Waals surface area contributed by atoms with Gasteiger partial charge in [-0.2, -0.15) is 0 Å². The molecule has 0 radical (unpaired) electrons. The van der Waals surface area contributed by atoms with Crippen molar-refractivity contribution < 1.29 is 24.2 Å². The van der Waals surface area contributed by atoms with Crippen LogP contribution in [0.5, 0.6) is 0 Å². The number of hydrogen-bond donors (Lipinski definition) is 1. The second-order valence-corrected chi connectivity index (χ2v) is 11.4. The molecule has 4 aliphatic rings. The molecule has 0 aliphatic heterocycles. The van der Waals surface area contributed by atoms with Crippen LogP contribution in [0, 0.1) is 22.7 Å². The zero-order valence-electron chi connectivity index (χ0n) is 19.3. The summed E-state index contributed by atoms with van der Waals surface area (Å²) in [6, 6.07) is 3.94. The molecule has 4 aliphatic carbocycles. The molecule has 0 saturated heterocycles. The van der Waals surface area contributed by atoms with Crippen LogP contribution in [0.25, 0.3) is 0 Å². The Balaban J connectivity index is 1.58. The van der Waals surface area contributed by atoms with E-state index in [1.54, 1.807) is 23.5 Å². The highest BCUT2D eigenvalue weighted by Gasteiger charge is 2.68. The first-order valence-electron chi connectivity index (χ1n) is 11.7. The summed E-state index contributed by atoms with van der Waals surface area (Å²) in [5.74, 6) is -0.892. The number of hydrogen-bond acceptors (Lipinski definition) is 6. The van der Waals surface area contributed by atoms with Crippen LogP contribution in [0.3, 0.4) is 0 Å². The highest BCUT2D eigenvalue weighted by molar-refractivity contribution is 7.10. The normalized spacial score (nSPS) is 39.2. The Kier molecular flexibility index (Phi) is 5.18. The molecule has 0 aromatic carbocycles. The van der Waals surface area contributed by atoms with Gasteiger partial charge in [-0.15, -0.1) is 11.3 Å². The minimum absolute atomic E-state index is 0.0474. The second-order valence-electron chi connectivity index (χ2n) is 10.4. The van der Waals surface area contributed by atoms with E-state index in [1.807, 2.05) is 30.5 Å². The number of allylic oxidation sites excluding steroid dienone is 6. The predicted octanol–water partition coefficient (Wildman–Crippen LogP) is 4.53. The standard InChI is InChI=1S/C27H30O5S/c1-16(28)32-15-24(30)27(31)22(23-5-4-12-33-23)14-21-19-7-6-17-13-18(29)8-10-25(17,2)20(19)9-11-26(21,27)3/h4-5,8-10,12-13,19,21-22,31H,6-7,11,14-15H2,1-3H3/t19?,21?,22-,25-,26-,27-/m0/s1. The molecule has 1 heterocycles. The first-order chi connectivity index (χ1) is 15.6. The number of aliphatic hydroxyl groups is 1. The minimum Gasteiger partial charge on any atom is -0.458 e. The Hall–Kier alpha value is -2.31. The van der Waals surface area contributed by atoms with Crippen molar-refractivity contribution >= 4 is 28.9 Å². The molecule has 33 heavy (non-hydrogen) atoms. The number of ketones is 2. The molecule has 2 fully saturated rings. The van der Waals surface area contributed by atoms with Crippen molar-refractivity contribution in [3.63, 3.8) is 0 Å². The average molecular weight is 467 g/mol. The molecule has 6 atom stereocenters. The van der Waals surface area contributed by atoms with Gasteiger partial charge in [0.05, 0.1) is 0 Å². The van der Waals surface area contributed by atoms with Gasteiger partial charge in [-0.05, 0) is 68.0 Å². The van der Waals surface area contributed by atoms with E-state index in [9.17, 15) is 19.5 Å². The third-order valence-corrected chi connectivity index (χ3v) is 9.91. The summed E-state index contributed by atoms with van der Waals surface area (Å²) < 4.78 is 5.07. The molecule has 0 spiro atoms. The van der Waals surface area contributed by atoms with Gasteiger partial charge < -0.3 is 9.84 Å². The number of rotatable bonds is 4. The van der Waals surface area contributed by atoms with Gasteiger partial charge in [0.2, 0.25) is 5.78 Å². The summed E-state index contributed by atoms with van der Waals surface area (Å²) in [6.07, 6.45) is 10.7. The fraction of sp³-hybridized carbons (Fsp3) is 0.519. The van der Waals surface area contributed by atoms with E-state index in [0.717, 1.165) is 23.3 Å². The Morgan fingerprint density at radius 2 is 2.09 bits per heavy atom. The lowest BCUT2D eigenvalue weighted by Gasteiger charge is -2.53. The number of fused-ring (bicyclic) bond motifs is 5. The maximum absolute atomic E-state index is 13.5. The van der Waals surface area contributed by atoms with Crippen molar-refractivity contribution in [3.05, 3.63) is 57.8 Å². The summed E-state index contributed by atoms with van der Waals surface area (Å²) in [7, 11) is 0. The first-order valence-corrected chi connectivity index (χ1v) is 12.6. The van der Waals surface area contributed by atoms with E-state index in [1.165, 1.54) is 12.5 Å². The van der Waals surface area contributed by atoms with Gasteiger partial charge >= 0.3 is 5.97 Å². The van der Waals surface area contributed by atoms with E-state index >= 15 is 0 Å². The van der Waals surface area contributed by atoms with Crippen LogP contribution in [0.1, 0.15) is 57.2 Å². The molecular weight excluding hydrogens is 436 g/mol. The number of ether oxygens (including phenoxy) is 1. The van der Waals surface area contributed by atoms with Crippen molar-refractivity contribution in [2.24, 2.45) is 22.7 Å². The third-order valence-electron chi connectivity index (χ3n) is 8.92. The monoisotopic (exact) mass is 466 g/mol. The highest BCUT2D eigenvalue weighted by atomic mass is 32.1. The summed E-state index contributed by atoms with van der Waals surface area (Å²) in [5, 5.41) is 14.2. The summed E-state index contributed by atoms with van der Waals surface area (Å²) in [6.45, 7) is 5.09. The predicted molar refractivity (Wildman–Crippen MR) is 126 cm³/mol. The van der Waals surface area contributed by atoms with Crippen molar-refractivity contribution in [2.45, 2.75) is 58.0 Å². The lowest BCUT2D eigenvalue weighted by atomic mass is 9.51. The zero-order chi connectivity index (χ0) is 23.6. The average Bonchev–Trinajstić information content (AvgIpc) is 3.38. The maximum atomic E-state index is 13.5. The van der Waals surface area contributed by atoms with Crippen molar-refractivity contribution in [2.75, 3.05) is 6.61 Å². The van der Waals surface area contributed by atoms with E-state index in [2.05, 4.69) is 13.0 Å². The van der Waals surface area contributed by atoms with Gasteiger partial charge in [-0.3, -0.25) is 14.4 Å². The van der Waals surface area contributed by atoms with Crippen LogP contribution >= 0.6 is 11.3 Å². The smallest absolute Gasteiger partial charge is 0.303 e. The lowest BCUT2D eigenvalue weighted by Crippen LogP contribution is -2.57. The quantitative estimate of drug-likeness (QED) is 0.521. The van der Waals surface area contributed by atoms with Crippen molar-refractivity contribution in [1.82, 2.24) is 0 Å². The third kappa shape index (κ3) is 3.10. The molecule has 2 saturated carbocycles.